The monoisotopic (exact) mass is 498 g/mol. The molecule has 1 aliphatic heterocycles. The maximum Gasteiger partial charge on any atom is 0.295 e. The zero-order chi connectivity index (χ0) is 26.4. The van der Waals surface area contributed by atoms with E-state index in [9.17, 15) is 14.7 Å². The number of aliphatic hydroxyl groups is 1. The van der Waals surface area contributed by atoms with E-state index in [-0.39, 0.29) is 11.3 Å². The van der Waals surface area contributed by atoms with Crippen molar-refractivity contribution in [2.45, 2.75) is 33.4 Å². The van der Waals surface area contributed by atoms with Crippen molar-refractivity contribution in [2.24, 2.45) is 0 Å². The molecule has 1 heterocycles. The van der Waals surface area contributed by atoms with Crippen LogP contribution >= 0.6 is 0 Å². The second-order valence-electron chi connectivity index (χ2n) is 9.17. The third kappa shape index (κ3) is 5.75. The number of aryl methyl sites for hydroxylation is 1. The summed E-state index contributed by atoms with van der Waals surface area (Å²) in [5.74, 6) is -0.770. The summed E-state index contributed by atoms with van der Waals surface area (Å²) in [7, 11) is 0. The van der Waals surface area contributed by atoms with Crippen LogP contribution in [0.2, 0.25) is 0 Å². The van der Waals surface area contributed by atoms with E-state index in [1.54, 1.807) is 29.2 Å². The fourth-order valence-corrected chi connectivity index (χ4v) is 4.68. The van der Waals surface area contributed by atoms with Gasteiger partial charge in [0, 0.05) is 18.7 Å². The fourth-order valence-electron chi connectivity index (χ4n) is 4.68. The molecule has 1 aliphatic rings. The lowest BCUT2D eigenvalue weighted by Gasteiger charge is -2.28. The Labute approximate surface area is 218 Å². The summed E-state index contributed by atoms with van der Waals surface area (Å²) >= 11 is 0. The number of nitrogens with zero attached hydrogens (tertiary/aromatic N) is 2. The number of hydrogen-bond acceptors (Lipinski definition) is 5. The number of rotatable bonds is 10. The Morgan fingerprint density at radius 1 is 0.919 bits per heavy atom. The van der Waals surface area contributed by atoms with Crippen LogP contribution in [-0.4, -0.2) is 52.8 Å². The Morgan fingerprint density at radius 3 is 2.22 bits per heavy atom. The van der Waals surface area contributed by atoms with Gasteiger partial charge in [0.05, 0.1) is 11.6 Å². The van der Waals surface area contributed by atoms with Gasteiger partial charge in [0.15, 0.2) is 0 Å². The first-order valence-corrected chi connectivity index (χ1v) is 12.8. The smallest absolute Gasteiger partial charge is 0.295 e. The Hall–Kier alpha value is -3.90. The van der Waals surface area contributed by atoms with Gasteiger partial charge in [-0.05, 0) is 61.0 Å². The number of amides is 1. The van der Waals surface area contributed by atoms with Crippen LogP contribution in [0.3, 0.4) is 0 Å². The Balaban J connectivity index is 1.62. The van der Waals surface area contributed by atoms with Crippen molar-refractivity contribution in [2.75, 3.05) is 26.2 Å². The van der Waals surface area contributed by atoms with Gasteiger partial charge in [0.1, 0.15) is 18.1 Å². The van der Waals surface area contributed by atoms with E-state index in [1.807, 2.05) is 61.5 Å². The molecule has 3 aromatic carbocycles. The van der Waals surface area contributed by atoms with Gasteiger partial charge in [-0.3, -0.25) is 9.59 Å². The number of hydrogen-bond donors (Lipinski definition) is 1. The zero-order valence-corrected chi connectivity index (χ0v) is 21.7. The van der Waals surface area contributed by atoms with Crippen LogP contribution in [0.15, 0.2) is 84.4 Å². The number of likely N-dealkylation sites (tertiary alicyclic amines) is 1. The van der Waals surface area contributed by atoms with E-state index in [0.717, 1.165) is 29.8 Å². The maximum absolute atomic E-state index is 13.2. The third-order valence-electron chi connectivity index (χ3n) is 6.99. The van der Waals surface area contributed by atoms with Gasteiger partial charge in [-0.15, -0.1) is 0 Å². The number of ketones is 1. The van der Waals surface area contributed by atoms with E-state index in [2.05, 4.69) is 18.7 Å². The minimum Gasteiger partial charge on any atom is -0.507 e. The van der Waals surface area contributed by atoms with E-state index < -0.39 is 17.7 Å². The average molecular weight is 499 g/mol. The third-order valence-corrected chi connectivity index (χ3v) is 6.99. The van der Waals surface area contributed by atoms with Gasteiger partial charge in [-0.1, -0.05) is 68.4 Å². The molecule has 6 nitrogen and oxygen atoms in total. The lowest BCUT2D eigenvalue weighted by atomic mass is 9.95. The topological polar surface area (TPSA) is 70.1 Å². The molecule has 6 heteroatoms. The first kappa shape index (κ1) is 26.2. The maximum atomic E-state index is 13.2. The standard InChI is InChI=1S/C31H34N2O4/c1-4-32(5-2)19-20-33-28(23-12-7-6-8-13-23)27(30(35)31(33)36)29(34)24-15-17-26(18-16-24)37-21-25-14-10-9-11-22(25)3/h6-18,28,34H,4-5,19-21H2,1-3H3. The molecule has 1 saturated heterocycles. The van der Waals surface area contributed by atoms with Crippen molar-refractivity contribution in [1.29, 1.82) is 0 Å². The van der Waals surface area contributed by atoms with Crippen molar-refractivity contribution >= 4 is 17.4 Å². The van der Waals surface area contributed by atoms with E-state index in [1.165, 1.54) is 0 Å². The molecule has 1 fully saturated rings. The summed E-state index contributed by atoms with van der Waals surface area (Å²) in [4.78, 5) is 30.1. The van der Waals surface area contributed by atoms with Crippen molar-refractivity contribution in [1.82, 2.24) is 9.80 Å². The Kier molecular flexibility index (Phi) is 8.41. The van der Waals surface area contributed by atoms with Gasteiger partial charge in [-0.2, -0.15) is 0 Å². The van der Waals surface area contributed by atoms with Crippen molar-refractivity contribution in [3.63, 3.8) is 0 Å². The SMILES string of the molecule is CCN(CC)CCN1C(=O)C(=O)C(=C(O)c2ccc(OCc3ccccc3C)cc2)C1c1ccccc1. The van der Waals surface area contributed by atoms with Crippen LogP contribution < -0.4 is 4.74 Å². The molecule has 0 bridgehead atoms. The average Bonchev–Trinajstić information content (AvgIpc) is 3.18. The molecule has 0 aromatic heterocycles. The van der Waals surface area contributed by atoms with Gasteiger partial charge >= 0.3 is 0 Å². The number of benzene rings is 3. The summed E-state index contributed by atoms with van der Waals surface area (Å²) in [6.45, 7) is 9.37. The lowest BCUT2D eigenvalue weighted by molar-refractivity contribution is -0.140. The Morgan fingerprint density at radius 2 is 1.57 bits per heavy atom. The highest BCUT2D eigenvalue weighted by Crippen LogP contribution is 2.39. The van der Waals surface area contributed by atoms with Crippen LogP contribution in [-0.2, 0) is 16.2 Å². The van der Waals surface area contributed by atoms with Crippen LogP contribution in [0.1, 0.15) is 42.1 Å². The molecule has 0 saturated carbocycles. The van der Waals surface area contributed by atoms with Gasteiger partial charge in [0.2, 0.25) is 0 Å². The van der Waals surface area contributed by atoms with Crippen molar-refractivity contribution in [3.8, 4) is 5.75 Å². The van der Waals surface area contributed by atoms with Gasteiger partial charge < -0.3 is 19.6 Å². The fraction of sp³-hybridized carbons (Fsp3) is 0.290. The molecule has 37 heavy (non-hydrogen) atoms. The van der Waals surface area contributed by atoms with Crippen molar-refractivity contribution in [3.05, 3.63) is 107 Å². The Bertz CT molecular complexity index is 1260. The highest BCUT2D eigenvalue weighted by atomic mass is 16.5. The molecule has 4 rings (SSSR count). The molecular formula is C31H34N2O4. The quantitative estimate of drug-likeness (QED) is 0.232. The summed E-state index contributed by atoms with van der Waals surface area (Å²) in [6, 6.07) is 23.8. The number of Topliss-reactive ketones (excluding diaryl/α,β-unsaturated/α-hetero) is 1. The van der Waals surface area contributed by atoms with Gasteiger partial charge in [-0.25, -0.2) is 0 Å². The number of carbonyl (C=O) groups is 2. The minimum atomic E-state index is -0.661. The van der Waals surface area contributed by atoms with Crippen LogP contribution in [0.25, 0.3) is 5.76 Å². The first-order valence-electron chi connectivity index (χ1n) is 12.8. The molecule has 3 aromatic rings. The largest absolute Gasteiger partial charge is 0.507 e. The highest BCUT2D eigenvalue weighted by Gasteiger charge is 2.45. The molecular weight excluding hydrogens is 464 g/mol. The summed E-state index contributed by atoms with van der Waals surface area (Å²) < 4.78 is 5.92. The summed E-state index contributed by atoms with van der Waals surface area (Å²) in [6.07, 6.45) is 0. The second-order valence-corrected chi connectivity index (χ2v) is 9.17. The summed E-state index contributed by atoms with van der Waals surface area (Å²) in [5, 5.41) is 11.3. The predicted molar refractivity (Wildman–Crippen MR) is 145 cm³/mol. The molecule has 0 spiro atoms. The van der Waals surface area contributed by atoms with Crippen LogP contribution in [0.4, 0.5) is 0 Å². The minimum absolute atomic E-state index is 0.115. The molecule has 1 N–H and O–H groups in total. The molecule has 1 unspecified atom stereocenters. The molecule has 0 aliphatic carbocycles. The molecule has 1 atom stereocenters. The predicted octanol–water partition coefficient (Wildman–Crippen LogP) is 5.34. The number of aliphatic hydroxyl groups excluding tert-OH is 1. The molecule has 0 radical (unpaired) electrons. The van der Waals surface area contributed by atoms with E-state index in [4.69, 9.17) is 4.74 Å². The highest BCUT2D eigenvalue weighted by molar-refractivity contribution is 6.46. The van der Waals surface area contributed by atoms with E-state index >= 15 is 0 Å². The van der Waals surface area contributed by atoms with Crippen molar-refractivity contribution < 1.29 is 19.4 Å². The van der Waals surface area contributed by atoms with Gasteiger partial charge in [0.25, 0.3) is 11.7 Å². The number of carbonyl (C=O) groups excluding carboxylic acids is 2. The van der Waals surface area contributed by atoms with E-state index in [0.29, 0.717) is 31.0 Å². The number of ether oxygens (including phenoxy) is 1. The molecule has 1 amide bonds. The normalized spacial score (nSPS) is 17.0. The zero-order valence-electron chi connectivity index (χ0n) is 21.7. The molecule has 192 valence electrons. The van der Waals surface area contributed by atoms with Crippen LogP contribution in [0, 0.1) is 6.92 Å². The summed E-state index contributed by atoms with van der Waals surface area (Å²) in [5.41, 5.74) is 3.63. The first-order chi connectivity index (χ1) is 17.9. The van der Waals surface area contributed by atoms with Crippen LogP contribution in [0.5, 0.6) is 5.75 Å². The lowest BCUT2D eigenvalue weighted by Crippen LogP contribution is -2.38. The number of likely N-dealkylation sites (N-methyl/N-ethyl adjacent to an activating group) is 1. The second kappa shape index (κ2) is 11.9.